The maximum atomic E-state index is 6.62. The molecular weight excluding hydrogens is 470 g/mol. The van der Waals surface area contributed by atoms with Gasteiger partial charge in [0.1, 0.15) is 6.10 Å². The summed E-state index contributed by atoms with van der Waals surface area (Å²) in [5, 5.41) is 0. The first-order valence-corrected chi connectivity index (χ1v) is 11.7. The van der Waals surface area contributed by atoms with Crippen LogP contribution in [0.15, 0.2) is 53.0 Å². The summed E-state index contributed by atoms with van der Waals surface area (Å²) in [6, 6.07) is 12.7. The van der Waals surface area contributed by atoms with E-state index in [0.717, 1.165) is 42.0 Å². The van der Waals surface area contributed by atoms with Crippen molar-refractivity contribution in [1.29, 1.82) is 0 Å². The molecule has 0 aromatic heterocycles. The van der Waals surface area contributed by atoms with Crippen molar-refractivity contribution in [2.45, 2.75) is 50.7 Å². The van der Waals surface area contributed by atoms with E-state index in [4.69, 9.17) is 18.9 Å². The molecule has 2 atom stereocenters. The fraction of sp³-hybridized carbons (Fsp3) is 0.462. The molecule has 3 aliphatic heterocycles. The van der Waals surface area contributed by atoms with Gasteiger partial charge in [-0.3, -0.25) is 4.90 Å². The summed E-state index contributed by atoms with van der Waals surface area (Å²) < 4.78 is 25.4. The topological polar surface area (TPSA) is 40.2 Å². The summed E-state index contributed by atoms with van der Waals surface area (Å²) in [7, 11) is 1.71. The molecule has 1 saturated heterocycles. The lowest BCUT2D eigenvalue weighted by Crippen LogP contribution is -2.48. The molecule has 4 aliphatic rings. The number of benzene rings is 2. The Morgan fingerprint density at radius 1 is 1.16 bits per heavy atom. The van der Waals surface area contributed by atoms with Crippen LogP contribution in [0.25, 0.3) is 0 Å². The third-order valence-electron chi connectivity index (χ3n) is 7.17. The van der Waals surface area contributed by atoms with Crippen molar-refractivity contribution in [3.8, 4) is 11.5 Å². The maximum absolute atomic E-state index is 6.62. The van der Waals surface area contributed by atoms with E-state index in [1.54, 1.807) is 7.11 Å². The molecule has 6 rings (SSSR count). The van der Waals surface area contributed by atoms with Crippen molar-refractivity contribution in [3.05, 3.63) is 69.7 Å². The number of methoxy groups -OCH3 is 1. The van der Waals surface area contributed by atoms with Crippen molar-refractivity contribution in [1.82, 2.24) is 4.90 Å². The number of ether oxygens (including phenoxy) is 4. The number of hydrogen-bond donors (Lipinski definition) is 0. The van der Waals surface area contributed by atoms with E-state index in [9.17, 15) is 0 Å². The van der Waals surface area contributed by atoms with Crippen molar-refractivity contribution >= 4 is 15.9 Å². The minimum atomic E-state index is -0.654. The molecule has 1 aliphatic carbocycles. The summed E-state index contributed by atoms with van der Waals surface area (Å²) in [5.41, 5.74) is 3.69. The van der Waals surface area contributed by atoms with Crippen LogP contribution >= 0.6 is 15.9 Å². The Morgan fingerprint density at radius 3 is 2.69 bits per heavy atom. The molecule has 2 aromatic carbocycles. The summed E-state index contributed by atoms with van der Waals surface area (Å²) in [6.07, 6.45) is 6.08. The average Bonchev–Trinajstić information content (AvgIpc) is 3.33. The molecule has 2 aromatic rings. The van der Waals surface area contributed by atoms with Gasteiger partial charge in [0.05, 0.1) is 25.7 Å². The van der Waals surface area contributed by atoms with Crippen LogP contribution in [-0.4, -0.2) is 43.7 Å². The average molecular weight is 500 g/mol. The van der Waals surface area contributed by atoms with Crippen LogP contribution in [0.5, 0.6) is 11.5 Å². The maximum Gasteiger partial charge on any atom is 0.191 e. The summed E-state index contributed by atoms with van der Waals surface area (Å²) in [6.45, 7) is 4.03. The molecule has 170 valence electrons. The van der Waals surface area contributed by atoms with E-state index in [0.29, 0.717) is 19.6 Å². The molecular formula is C26H30BrNO4. The lowest BCUT2D eigenvalue weighted by atomic mass is 9.68. The Kier molecular flexibility index (Phi) is 5.61. The molecule has 0 N–H and O–H groups in total. The molecule has 5 nitrogen and oxygen atoms in total. The standard InChI is InChI=1S/C25H26BrNO4.CH4/c1-28-20-13-19(26)18-16-27(15-17-5-3-2-4-6-17)10-9-24-7-8-25(29-11-12-30-25)14-21(24)31-23(20)22(18)24;/h2-8,13,21H,9-12,14-16H2,1H3;1H4. The van der Waals surface area contributed by atoms with Crippen LogP contribution in [0.3, 0.4) is 0 Å². The number of rotatable bonds is 3. The van der Waals surface area contributed by atoms with Crippen LogP contribution in [0.2, 0.25) is 0 Å². The zero-order valence-electron chi connectivity index (χ0n) is 17.6. The molecule has 0 saturated carbocycles. The van der Waals surface area contributed by atoms with Gasteiger partial charge in [0.25, 0.3) is 0 Å². The van der Waals surface area contributed by atoms with E-state index in [-0.39, 0.29) is 18.9 Å². The van der Waals surface area contributed by atoms with Gasteiger partial charge in [0.15, 0.2) is 17.3 Å². The number of nitrogens with zero attached hydrogens (tertiary/aromatic N) is 1. The fourth-order valence-electron chi connectivity index (χ4n) is 5.66. The summed E-state index contributed by atoms with van der Waals surface area (Å²) in [4.78, 5) is 2.53. The van der Waals surface area contributed by atoms with Crippen LogP contribution < -0.4 is 9.47 Å². The van der Waals surface area contributed by atoms with Crippen LogP contribution in [0, 0.1) is 0 Å². The highest BCUT2D eigenvalue weighted by Gasteiger charge is 2.57. The van der Waals surface area contributed by atoms with Gasteiger partial charge in [-0.15, -0.1) is 0 Å². The Morgan fingerprint density at radius 2 is 1.94 bits per heavy atom. The Labute approximate surface area is 198 Å². The lowest BCUT2D eigenvalue weighted by molar-refractivity contribution is -0.145. The highest BCUT2D eigenvalue weighted by Crippen LogP contribution is 2.58. The zero-order valence-corrected chi connectivity index (χ0v) is 19.2. The van der Waals surface area contributed by atoms with Crippen molar-refractivity contribution in [2.24, 2.45) is 0 Å². The van der Waals surface area contributed by atoms with Gasteiger partial charge in [0, 0.05) is 36.1 Å². The Balaban J connectivity index is 0.00000216. The van der Waals surface area contributed by atoms with Crippen molar-refractivity contribution in [3.63, 3.8) is 0 Å². The molecule has 32 heavy (non-hydrogen) atoms. The van der Waals surface area contributed by atoms with Gasteiger partial charge in [-0.05, 0) is 29.7 Å². The molecule has 0 bridgehead atoms. The number of halogens is 1. The van der Waals surface area contributed by atoms with E-state index < -0.39 is 5.79 Å². The van der Waals surface area contributed by atoms with Crippen LogP contribution in [0.4, 0.5) is 0 Å². The minimum Gasteiger partial charge on any atom is -0.493 e. The molecule has 2 spiro atoms. The van der Waals surface area contributed by atoms with Gasteiger partial charge in [-0.25, -0.2) is 0 Å². The highest BCUT2D eigenvalue weighted by atomic mass is 79.9. The predicted molar refractivity (Wildman–Crippen MR) is 127 cm³/mol. The third-order valence-corrected chi connectivity index (χ3v) is 7.88. The van der Waals surface area contributed by atoms with E-state index in [1.165, 1.54) is 16.7 Å². The molecule has 6 heteroatoms. The first kappa shape index (κ1) is 22.0. The molecule has 0 radical (unpaired) electrons. The lowest BCUT2D eigenvalue weighted by Gasteiger charge is -2.40. The smallest absolute Gasteiger partial charge is 0.191 e. The quantitative estimate of drug-likeness (QED) is 0.542. The predicted octanol–water partition coefficient (Wildman–Crippen LogP) is 5.20. The van der Waals surface area contributed by atoms with Gasteiger partial charge < -0.3 is 18.9 Å². The molecule has 1 fully saturated rings. The van der Waals surface area contributed by atoms with Crippen molar-refractivity contribution in [2.75, 3.05) is 26.9 Å². The molecule has 3 heterocycles. The SMILES string of the molecule is C.COc1cc(Br)c2c3c1OC1CC4(C=CC31CCN(Cc1ccccc1)C2)OCCO4. The van der Waals surface area contributed by atoms with E-state index >= 15 is 0 Å². The Hall–Kier alpha value is -1.86. The Bertz CT molecular complexity index is 1030. The van der Waals surface area contributed by atoms with Gasteiger partial charge in [0.2, 0.25) is 0 Å². The second-order valence-electron chi connectivity index (χ2n) is 8.88. The minimum absolute atomic E-state index is 0. The molecule has 2 unspecified atom stereocenters. The van der Waals surface area contributed by atoms with Gasteiger partial charge in [-0.2, -0.15) is 0 Å². The summed E-state index contributed by atoms with van der Waals surface area (Å²) >= 11 is 3.85. The first-order valence-electron chi connectivity index (χ1n) is 10.9. The van der Waals surface area contributed by atoms with E-state index in [1.807, 2.05) is 6.07 Å². The second kappa shape index (κ2) is 8.17. The zero-order chi connectivity index (χ0) is 21.1. The number of hydrogen-bond acceptors (Lipinski definition) is 5. The molecule has 0 amide bonds. The summed E-state index contributed by atoms with van der Waals surface area (Å²) in [5.74, 6) is 1.01. The second-order valence-corrected chi connectivity index (χ2v) is 9.74. The monoisotopic (exact) mass is 499 g/mol. The van der Waals surface area contributed by atoms with Gasteiger partial charge >= 0.3 is 0 Å². The van der Waals surface area contributed by atoms with Gasteiger partial charge in [-0.1, -0.05) is 59.8 Å². The largest absolute Gasteiger partial charge is 0.493 e. The third kappa shape index (κ3) is 3.31. The fourth-order valence-corrected chi connectivity index (χ4v) is 6.20. The van der Waals surface area contributed by atoms with Crippen molar-refractivity contribution < 1.29 is 18.9 Å². The van der Waals surface area contributed by atoms with Crippen LogP contribution in [0.1, 0.15) is 37.0 Å². The first-order chi connectivity index (χ1) is 15.1. The van der Waals surface area contributed by atoms with E-state index in [2.05, 4.69) is 63.3 Å². The highest BCUT2D eigenvalue weighted by molar-refractivity contribution is 9.10. The van der Waals surface area contributed by atoms with Crippen LogP contribution in [-0.2, 0) is 28.0 Å². The normalized spacial score (nSPS) is 27.2.